The van der Waals surface area contributed by atoms with E-state index in [-0.39, 0.29) is 10.5 Å². The number of carboxylic acids is 1. The van der Waals surface area contributed by atoms with Crippen molar-refractivity contribution in [2.45, 2.75) is 50.0 Å². The van der Waals surface area contributed by atoms with E-state index < -0.39 is 27.9 Å². The van der Waals surface area contributed by atoms with Gasteiger partial charge in [0.1, 0.15) is 0 Å². The second-order valence-corrected chi connectivity index (χ2v) is 9.38. The van der Waals surface area contributed by atoms with Crippen molar-refractivity contribution >= 4 is 21.9 Å². The highest BCUT2D eigenvalue weighted by molar-refractivity contribution is 7.89. The topological polar surface area (TPSA) is 97.8 Å². The second kappa shape index (κ2) is 7.98. The van der Waals surface area contributed by atoms with E-state index in [4.69, 9.17) is 0 Å². The Morgan fingerprint density at radius 2 is 1.63 bits per heavy atom. The van der Waals surface area contributed by atoms with Gasteiger partial charge in [-0.15, -0.1) is 0 Å². The Bertz CT molecular complexity index is 798. The van der Waals surface area contributed by atoms with Gasteiger partial charge in [0.05, 0.1) is 16.9 Å². The van der Waals surface area contributed by atoms with Crippen LogP contribution in [0.4, 0.5) is 0 Å². The van der Waals surface area contributed by atoms with Gasteiger partial charge in [0, 0.05) is 25.2 Å². The number of hydrogen-bond acceptors (Lipinski definition) is 5. The van der Waals surface area contributed by atoms with Crippen LogP contribution in [0.25, 0.3) is 0 Å². The Morgan fingerprint density at radius 1 is 1.00 bits per heavy atom. The molecule has 0 unspecified atom stereocenters. The number of rotatable bonds is 4. The molecule has 0 radical (unpaired) electrons. The van der Waals surface area contributed by atoms with E-state index in [2.05, 4.69) is 6.92 Å². The predicted molar refractivity (Wildman–Crippen MR) is 97.3 cm³/mol. The average Bonchev–Trinajstić information content (AvgIpc) is 2.68. The van der Waals surface area contributed by atoms with E-state index in [1.54, 1.807) is 0 Å². The maximum atomic E-state index is 12.8. The summed E-state index contributed by atoms with van der Waals surface area (Å²) in [6.07, 6.45) is 3.56. The number of piperidine rings is 2. The molecular formula is C19H25N2O5S-. The fraction of sp³-hybridized carbons (Fsp3) is 0.579. The molecule has 0 aliphatic carbocycles. The fourth-order valence-electron chi connectivity index (χ4n) is 3.73. The largest absolute Gasteiger partial charge is 0.548 e. The third-order valence-corrected chi connectivity index (χ3v) is 7.43. The highest BCUT2D eigenvalue weighted by Crippen LogP contribution is 2.25. The second-order valence-electron chi connectivity index (χ2n) is 7.44. The normalized spacial score (nSPS) is 22.6. The molecule has 7 nitrogen and oxygen atoms in total. The molecule has 148 valence electrons. The zero-order valence-electron chi connectivity index (χ0n) is 15.5. The Kier molecular flexibility index (Phi) is 5.86. The first-order valence-corrected chi connectivity index (χ1v) is 10.9. The molecule has 0 spiro atoms. The number of carbonyl (C=O) groups is 2. The lowest BCUT2D eigenvalue weighted by Crippen LogP contribution is -2.52. The molecule has 1 amide bonds. The smallest absolute Gasteiger partial charge is 0.254 e. The number of carbonyl (C=O) groups excluding carboxylic acids is 2. The molecule has 1 aromatic carbocycles. The van der Waals surface area contributed by atoms with E-state index in [0.717, 1.165) is 25.7 Å². The first kappa shape index (κ1) is 19.8. The molecule has 2 fully saturated rings. The summed E-state index contributed by atoms with van der Waals surface area (Å²) < 4.78 is 27.0. The fourth-order valence-corrected chi connectivity index (χ4v) is 5.20. The van der Waals surface area contributed by atoms with Crippen molar-refractivity contribution in [3.8, 4) is 0 Å². The van der Waals surface area contributed by atoms with Crippen LogP contribution < -0.4 is 5.11 Å². The lowest BCUT2D eigenvalue weighted by Gasteiger charge is -2.36. The lowest BCUT2D eigenvalue weighted by atomic mass is 10.0. The number of sulfonamides is 1. The van der Waals surface area contributed by atoms with Gasteiger partial charge in [0.25, 0.3) is 5.91 Å². The molecule has 0 bridgehead atoms. The van der Waals surface area contributed by atoms with Crippen molar-refractivity contribution in [3.63, 3.8) is 0 Å². The number of nitrogens with zero attached hydrogens (tertiary/aromatic N) is 2. The summed E-state index contributed by atoms with van der Waals surface area (Å²) in [6, 6.07) is 4.85. The molecule has 2 heterocycles. The summed E-state index contributed by atoms with van der Waals surface area (Å²) in [5.41, 5.74) is 0.286. The van der Waals surface area contributed by atoms with Crippen LogP contribution in [-0.2, 0) is 14.8 Å². The van der Waals surface area contributed by atoms with Crippen molar-refractivity contribution < 1.29 is 23.1 Å². The minimum Gasteiger partial charge on any atom is -0.548 e. The Balaban J connectivity index is 1.76. The highest BCUT2D eigenvalue weighted by atomic mass is 32.2. The van der Waals surface area contributed by atoms with Gasteiger partial charge in [-0.05, 0) is 62.3 Å². The standard InChI is InChI=1S/C19H26N2O5S/c1-14-9-12-20(13-10-14)27(25,26)16-7-5-15(6-8-16)18(22)21-11-3-2-4-17(21)19(23)24/h5-8,14,17H,2-4,9-13H2,1H3,(H,23,24)/p-1/t17-/m1/s1. The minimum absolute atomic E-state index is 0.156. The highest BCUT2D eigenvalue weighted by Gasteiger charge is 2.30. The van der Waals surface area contributed by atoms with Gasteiger partial charge in [0.2, 0.25) is 10.0 Å². The van der Waals surface area contributed by atoms with Crippen molar-refractivity contribution in [2.24, 2.45) is 5.92 Å². The first-order chi connectivity index (χ1) is 12.8. The average molecular weight is 393 g/mol. The lowest BCUT2D eigenvalue weighted by molar-refractivity contribution is -0.311. The number of likely N-dealkylation sites (tertiary alicyclic amines) is 1. The molecule has 0 N–H and O–H groups in total. The molecule has 1 atom stereocenters. The summed E-state index contributed by atoms with van der Waals surface area (Å²) in [5, 5.41) is 11.3. The number of amides is 1. The Labute approximate surface area is 160 Å². The van der Waals surface area contributed by atoms with E-state index >= 15 is 0 Å². The molecule has 1 aromatic rings. The molecule has 27 heavy (non-hydrogen) atoms. The van der Waals surface area contributed by atoms with E-state index in [9.17, 15) is 23.1 Å². The van der Waals surface area contributed by atoms with Gasteiger partial charge in [0.15, 0.2) is 0 Å². The molecule has 8 heteroatoms. The van der Waals surface area contributed by atoms with Crippen LogP contribution in [0, 0.1) is 5.92 Å². The molecular weight excluding hydrogens is 368 g/mol. The maximum absolute atomic E-state index is 12.8. The quantitative estimate of drug-likeness (QED) is 0.755. The number of benzene rings is 1. The zero-order chi connectivity index (χ0) is 19.6. The molecule has 0 aromatic heterocycles. The Morgan fingerprint density at radius 3 is 2.22 bits per heavy atom. The molecule has 0 saturated carbocycles. The summed E-state index contributed by atoms with van der Waals surface area (Å²) >= 11 is 0. The first-order valence-electron chi connectivity index (χ1n) is 9.43. The summed E-state index contributed by atoms with van der Waals surface area (Å²) in [6.45, 7) is 3.49. The third-order valence-electron chi connectivity index (χ3n) is 5.52. The van der Waals surface area contributed by atoms with Crippen LogP contribution in [0.2, 0.25) is 0 Å². The molecule has 2 aliphatic heterocycles. The van der Waals surface area contributed by atoms with Crippen LogP contribution in [0.3, 0.4) is 0 Å². The van der Waals surface area contributed by atoms with E-state index in [0.29, 0.717) is 32.0 Å². The number of carboxylic acid groups (broad SMARTS) is 1. The minimum atomic E-state index is -3.57. The maximum Gasteiger partial charge on any atom is 0.254 e. The van der Waals surface area contributed by atoms with Crippen LogP contribution in [0.1, 0.15) is 49.4 Å². The molecule has 2 saturated heterocycles. The van der Waals surface area contributed by atoms with Crippen LogP contribution in [-0.4, -0.2) is 55.2 Å². The van der Waals surface area contributed by atoms with Gasteiger partial charge >= 0.3 is 0 Å². The molecule has 2 aliphatic rings. The third kappa shape index (κ3) is 4.16. The van der Waals surface area contributed by atoms with E-state index in [1.807, 2.05) is 0 Å². The summed E-state index contributed by atoms with van der Waals surface area (Å²) in [4.78, 5) is 25.5. The number of aliphatic carboxylic acids is 1. The van der Waals surface area contributed by atoms with Crippen molar-refractivity contribution in [2.75, 3.05) is 19.6 Å². The van der Waals surface area contributed by atoms with Crippen molar-refractivity contribution in [3.05, 3.63) is 29.8 Å². The summed E-state index contributed by atoms with van der Waals surface area (Å²) in [7, 11) is -3.57. The van der Waals surface area contributed by atoms with Gasteiger partial charge in [-0.2, -0.15) is 4.31 Å². The van der Waals surface area contributed by atoms with Crippen molar-refractivity contribution in [1.82, 2.24) is 9.21 Å². The van der Waals surface area contributed by atoms with Crippen LogP contribution in [0.15, 0.2) is 29.2 Å². The Hall–Kier alpha value is -1.93. The number of hydrogen-bond donors (Lipinski definition) is 0. The van der Waals surface area contributed by atoms with Crippen LogP contribution in [0.5, 0.6) is 0 Å². The van der Waals surface area contributed by atoms with Gasteiger partial charge < -0.3 is 14.8 Å². The van der Waals surface area contributed by atoms with Gasteiger partial charge in [-0.1, -0.05) is 6.92 Å². The molecule has 3 rings (SSSR count). The predicted octanol–water partition coefficient (Wildman–Crippen LogP) is 0.852. The SMILES string of the molecule is CC1CCN(S(=O)(=O)c2ccc(C(=O)N3CCCC[C@@H]3C(=O)[O-])cc2)CC1. The van der Waals surface area contributed by atoms with Crippen LogP contribution >= 0.6 is 0 Å². The van der Waals surface area contributed by atoms with Crippen molar-refractivity contribution in [1.29, 1.82) is 0 Å². The van der Waals surface area contributed by atoms with Gasteiger partial charge in [-0.25, -0.2) is 8.42 Å². The van der Waals surface area contributed by atoms with Gasteiger partial charge in [-0.3, -0.25) is 4.79 Å². The zero-order valence-corrected chi connectivity index (χ0v) is 16.3. The summed E-state index contributed by atoms with van der Waals surface area (Å²) in [5.74, 6) is -1.13. The monoisotopic (exact) mass is 393 g/mol. The van der Waals surface area contributed by atoms with E-state index in [1.165, 1.54) is 33.5 Å².